The number of thiazole rings is 1. The van der Waals surface area contributed by atoms with Crippen LogP contribution in [0.5, 0.6) is 5.75 Å². The Labute approximate surface area is 201 Å². The molecule has 1 saturated heterocycles. The fourth-order valence-electron chi connectivity index (χ4n) is 3.55. The molecule has 0 unspecified atom stereocenters. The van der Waals surface area contributed by atoms with Crippen molar-refractivity contribution in [3.05, 3.63) is 64.1 Å². The van der Waals surface area contributed by atoms with Gasteiger partial charge in [0.05, 0.1) is 17.7 Å². The molecular formula is C22H23ClN4O4S2. The van der Waals surface area contributed by atoms with Gasteiger partial charge in [-0.1, -0.05) is 29.0 Å². The number of piperazine rings is 1. The molecule has 1 N–H and O–H groups in total. The summed E-state index contributed by atoms with van der Waals surface area (Å²) in [7, 11) is -2.32. The van der Waals surface area contributed by atoms with Crippen LogP contribution in [0.4, 0.5) is 10.8 Å². The second-order valence-electron chi connectivity index (χ2n) is 7.47. The number of nitrogens with zero attached hydrogens (tertiary/aromatic N) is 3. The quantitative estimate of drug-likeness (QED) is 0.545. The number of aryl methyl sites for hydroxylation is 1. The van der Waals surface area contributed by atoms with E-state index in [0.29, 0.717) is 47.5 Å². The Balaban J connectivity index is 1.43. The normalized spacial score (nSPS) is 14.3. The van der Waals surface area contributed by atoms with E-state index < -0.39 is 10.0 Å². The number of carbonyl (C=O) groups excluding carboxylic acids is 1. The Morgan fingerprint density at radius 1 is 1.12 bits per heavy atom. The molecule has 8 nitrogen and oxygen atoms in total. The highest BCUT2D eigenvalue weighted by Gasteiger charge is 2.27. The molecule has 0 atom stereocenters. The zero-order chi connectivity index (χ0) is 23.6. The summed E-state index contributed by atoms with van der Waals surface area (Å²) in [5.74, 6) is 0.410. The molecule has 1 fully saturated rings. The fraction of sp³-hybridized carbons (Fsp3) is 0.273. The second kappa shape index (κ2) is 9.58. The van der Waals surface area contributed by atoms with Crippen molar-refractivity contribution in [2.45, 2.75) is 11.8 Å². The predicted octanol–water partition coefficient (Wildman–Crippen LogP) is 3.88. The largest absolute Gasteiger partial charge is 0.497 e. The maximum Gasteiger partial charge on any atom is 0.266 e. The molecule has 174 valence electrons. The molecule has 1 aromatic heterocycles. The third-order valence-electron chi connectivity index (χ3n) is 5.32. The number of benzene rings is 2. The van der Waals surface area contributed by atoms with Crippen LogP contribution in [0.2, 0.25) is 5.02 Å². The number of hydrogen-bond acceptors (Lipinski definition) is 7. The molecule has 11 heteroatoms. The van der Waals surface area contributed by atoms with Gasteiger partial charge < -0.3 is 14.5 Å². The van der Waals surface area contributed by atoms with Crippen molar-refractivity contribution < 1.29 is 17.9 Å². The van der Waals surface area contributed by atoms with E-state index in [2.05, 4.69) is 14.6 Å². The molecule has 3 aromatic rings. The Hall–Kier alpha value is -2.82. The number of methoxy groups -OCH3 is 1. The molecule has 0 saturated carbocycles. The summed E-state index contributed by atoms with van der Waals surface area (Å²) >= 11 is 7.13. The van der Waals surface area contributed by atoms with E-state index in [4.69, 9.17) is 16.3 Å². The monoisotopic (exact) mass is 506 g/mol. The summed E-state index contributed by atoms with van der Waals surface area (Å²) in [6, 6.07) is 13.7. The molecule has 0 bridgehead atoms. The van der Waals surface area contributed by atoms with Gasteiger partial charge in [0.15, 0.2) is 5.13 Å². The van der Waals surface area contributed by atoms with Crippen molar-refractivity contribution in [2.24, 2.45) is 0 Å². The molecule has 33 heavy (non-hydrogen) atoms. The first-order valence-electron chi connectivity index (χ1n) is 10.2. The minimum atomic E-state index is -3.83. The zero-order valence-electron chi connectivity index (χ0n) is 18.1. The highest BCUT2D eigenvalue weighted by atomic mass is 35.5. The van der Waals surface area contributed by atoms with E-state index in [1.165, 1.54) is 19.2 Å². The van der Waals surface area contributed by atoms with Gasteiger partial charge in [0.25, 0.3) is 15.9 Å². The summed E-state index contributed by atoms with van der Waals surface area (Å²) in [6.45, 7) is 4.17. The van der Waals surface area contributed by atoms with Crippen LogP contribution < -0.4 is 14.4 Å². The average Bonchev–Trinajstić information content (AvgIpc) is 3.17. The van der Waals surface area contributed by atoms with Crippen LogP contribution in [0.3, 0.4) is 0 Å². The molecule has 0 aliphatic carbocycles. The number of aromatic nitrogens is 1. The molecule has 1 aliphatic heterocycles. The van der Waals surface area contributed by atoms with E-state index in [1.54, 1.807) is 24.0 Å². The second-order valence-corrected chi connectivity index (χ2v) is 10.6. The van der Waals surface area contributed by atoms with E-state index in [0.717, 1.165) is 17.0 Å². The lowest BCUT2D eigenvalue weighted by molar-refractivity contribution is 0.0750. The highest BCUT2D eigenvalue weighted by molar-refractivity contribution is 7.93. The van der Waals surface area contributed by atoms with Crippen LogP contribution in [-0.2, 0) is 10.0 Å². The summed E-state index contributed by atoms with van der Waals surface area (Å²) in [5.41, 5.74) is 1.52. The Kier molecular flexibility index (Phi) is 6.78. The standard InChI is InChI=1S/C22H23ClN4O4S2/c1-15-20(21(28)27-12-10-26(11-13-27)17-5-3-4-16(23)14-17)32-22(24-15)25-33(29,30)19-8-6-18(31-2)7-9-19/h3-9,14H,10-13H2,1-2H3,(H,24,25). The highest BCUT2D eigenvalue weighted by Crippen LogP contribution is 2.28. The molecule has 1 aliphatic rings. The minimum Gasteiger partial charge on any atom is -0.497 e. The number of nitrogens with one attached hydrogen (secondary N) is 1. The van der Waals surface area contributed by atoms with Crippen molar-refractivity contribution in [3.63, 3.8) is 0 Å². The number of ether oxygens (including phenoxy) is 1. The van der Waals surface area contributed by atoms with Crippen molar-refractivity contribution in [1.82, 2.24) is 9.88 Å². The smallest absolute Gasteiger partial charge is 0.266 e. The molecule has 0 spiro atoms. The van der Waals surface area contributed by atoms with Gasteiger partial charge in [0.2, 0.25) is 0 Å². The number of rotatable bonds is 6. The van der Waals surface area contributed by atoms with Crippen LogP contribution in [0, 0.1) is 6.92 Å². The first kappa shape index (κ1) is 23.3. The number of hydrogen-bond donors (Lipinski definition) is 1. The predicted molar refractivity (Wildman–Crippen MR) is 130 cm³/mol. The topological polar surface area (TPSA) is 91.8 Å². The van der Waals surface area contributed by atoms with Crippen LogP contribution >= 0.6 is 22.9 Å². The maximum absolute atomic E-state index is 13.1. The van der Waals surface area contributed by atoms with Crippen LogP contribution in [0.1, 0.15) is 15.4 Å². The van der Waals surface area contributed by atoms with E-state index in [9.17, 15) is 13.2 Å². The first-order chi connectivity index (χ1) is 15.8. The van der Waals surface area contributed by atoms with Gasteiger partial charge in [0, 0.05) is 36.9 Å². The van der Waals surface area contributed by atoms with Crippen molar-refractivity contribution >= 4 is 49.7 Å². The summed E-state index contributed by atoms with van der Waals surface area (Å²) in [6.07, 6.45) is 0. The van der Waals surface area contributed by atoms with Gasteiger partial charge in [-0.25, -0.2) is 13.4 Å². The molecule has 2 aromatic carbocycles. The molecule has 1 amide bonds. The number of amides is 1. The van der Waals surface area contributed by atoms with Gasteiger partial charge in [-0.3, -0.25) is 9.52 Å². The van der Waals surface area contributed by atoms with Gasteiger partial charge in [-0.2, -0.15) is 0 Å². The van der Waals surface area contributed by atoms with Gasteiger partial charge in [-0.15, -0.1) is 0 Å². The van der Waals surface area contributed by atoms with E-state index in [-0.39, 0.29) is 15.9 Å². The molecule has 4 rings (SSSR count). The lowest BCUT2D eigenvalue weighted by Gasteiger charge is -2.36. The summed E-state index contributed by atoms with van der Waals surface area (Å²) in [5, 5.41) is 0.833. The lowest BCUT2D eigenvalue weighted by atomic mass is 10.2. The maximum atomic E-state index is 13.1. The van der Waals surface area contributed by atoms with Gasteiger partial charge in [-0.05, 0) is 49.4 Å². The van der Waals surface area contributed by atoms with Gasteiger partial charge >= 0.3 is 0 Å². The third-order valence-corrected chi connectivity index (χ3v) is 8.10. The average molecular weight is 507 g/mol. The molecule has 0 radical (unpaired) electrons. The Morgan fingerprint density at radius 3 is 2.45 bits per heavy atom. The molecular weight excluding hydrogens is 484 g/mol. The SMILES string of the molecule is COc1ccc(S(=O)(=O)Nc2nc(C)c(C(=O)N3CCN(c4cccc(Cl)c4)CC3)s2)cc1. The van der Waals surface area contributed by atoms with Crippen LogP contribution in [-0.4, -0.2) is 57.5 Å². The third kappa shape index (κ3) is 5.23. The number of carbonyl (C=O) groups is 1. The van der Waals surface area contributed by atoms with Crippen molar-refractivity contribution in [3.8, 4) is 5.75 Å². The summed E-state index contributed by atoms with van der Waals surface area (Å²) in [4.78, 5) is 21.8. The Morgan fingerprint density at radius 2 is 1.82 bits per heavy atom. The zero-order valence-corrected chi connectivity index (χ0v) is 20.5. The van der Waals surface area contributed by atoms with Crippen LogP contribution in [0.25, 0.3) is 0 Å². The fourth-order valence-corrected chi connectivity index (χ4v) is 5.91. The van der Waals surface area contributed by atoms with E-state index in [1.807, 2.05) is 24.3 Å². The van der Waals surface area contributed by atoms with E-state index >= 15 is 0 Å². The Bertz CT molecular complexity index is 1250. The van der Waals surface area contributed by atoms with Crippen LogP contribution in [0.15, 0.2) is 53.4 Å². The van der Waals surface area contributed by atoms with Crippen molar-refractivity contribution in [1.29, 1.82) is 0 Å². The first-order valence-corrected chi connectivity index (χ1v) is 12.9. The molecule has 2 heterocycles. The number of halogens is 1. The summed E-state index contributed by atoms with van der Waals surface area (Å²) < 4.78 is 32.9. The lowest BCUT2D eigenvalue weighted by Crippen LogP contribution is -2.48. The van der Waals surface area contributed by atoms with Gasteiger partial charge in [0.1, 0.15) is 10.6 Å². The van der Waals surface area contributed by atoms with Crippen molar-refractivity contribution in [2.75, 3.05) is 42.9 Å². The minimum absolute atomic E-state index is 0.0844. The number of anilines is 2. The number of sulfonamides is 1.